The molecule has 1 aromatic carbocycles. The van der Waals surface area contributed by atoms with Crippen LogP contribution >= 0.6 is 0 Å². The van der Waals surface area contributed by atoms with Crippen molar-refractivity contribution in [1.29, 1.82) is 0 Å². The molecule has 0 bridgehead atoms. The van der Waals surface area contributed by atoms with Crippen molar-refractivity contribution in [2.45, 2.75) is 13.0 Å². The van der Waals surface area contributed by atoms with Gasteiger partial charge in [-0.15, -0.1) is 0 Å². The van der Waals surface area contributed by atoms with Gasteiger partial charge < -0.3 is 9.47 Å². The van der Waals surface area contributed by atoms with E-state index in [1.54, 1.807) is 13.0 Å². The van der Waals surface area contributed by atoms with E-state index in [9.17, 15) is 8.42 Å². The molecule has 1 heterocycles. The van der Waals surface area contributed by atoms with E-state index in [2.05, 4.69) is 0 Å². The Morgan fingerprint density at radius 1 is 1.39 bits per heavy atom. The zero-order valence-corrected chi connectivity index (χ0v) is 10.9. The molecule has 0 radical (unpaired) electrons. The molecule has 1 aliphatic heterocycles. The first kappa shape index (κ1) is 13.1. The van der Waals surface area contributed by atoms with Crippen molar-refractivity contribution in [1.82, 2.24) is 4.31 Å². The van der Waals surface area contributed by atoms with E-state index in [4.69, 9.17) is 14.6 Å². The lowest BCUT2D eigenvalue weighted by Crippen LogP contribution is -2.45. The fourth-order valence-corrected chi connectivity index (χ4v) is 2.53. The topological polar surface area (TPSA) is 81.9 Å². The second-order valence-corrected chi connectivity index (χ2v) is 5.54. The highest BCUT2D eigenvalue weighted by atomic mass is 32.2. The number of para-hydroxylation sites is 2. The van der Waals surface area contributed by atoms with Crippen LogP contribution in [-0.4, -0.2) is 38.5 Å². The molecule has 0 spiro atoms. The van der Waals surface area contributed by atoms with Gasteiger partial charge in [0.2, 0.25) is 0 Å². The molecular weight excluding hydrogens is 256 g/mol. The minimum atomic E-state index is -3.69. The van der Waals surface area contributed by atoms with E-state index in [1.165, 1.54) is 0 Å². The summed E-state index contributed by atoms with van der Waals surface area (Å²) in [6.07, 6.45) is -0.349. The van der Waals surface area contributed by atoms with E-state index in [1.807, 2.05) is 18.2 Å². The molecule has 0 amide bonds. The number of benzene rings is 1. The molecule has 1 aromatic rings. The summed E-state index contributed by atoms with van der Waals surface area (Å²) in [5.41, 5.74) is 0. The molecule has 0 saturated carbocycles. The van der Waals surface area contributed by atoms with Crippen LogP contribution in [0.3, 0.4) is 0 Å². The Balaban J connectivity index is 2.06. The molecule has 18 heavy (non-hydrogen) atoms. The van der Waals surface area contributed by atoms with Crippen molar-refractivity contribution in [2.24, 2.45) is 5.14 Å². The van der Waals surface area contributed by atoms with Gasteiger partial charge in [-0.25, -0.2) is 5.14 Å². The van der Waals surface area contributed by atoms with Gasteiger partial charge in [0.1, 0.15) is 12.7 Å². The fourth-order valence-electron chi connectivity index (χ4n) is 1.79. The lowest BCUT2D eigenvalue weighted by atomic mass is 10.2. The van der Waals surface area contributed by atoms with E-state index in [0.29, 0.717) is 24.7 Å². The third kappa shape index (κ3) is 2.92. The molecule has 100 valence electrons. The number of likely N-dealkylation sites (N-methyl/N-ethyl adjacent to an activating group) is 1. The number of fused-ring (bicyclic) bond motifs is 1. The number of nitrogens with two attached hydrogens (primary N) is 1. The van der Waals surface area contributed by atoms with Gasteiger partial charge >= 0.3 is 0 Å². The summed E-state index contributed by atoms with van der Waals surface area (Å²) in [6, 6.07) is 7.28. The molecule has 6 nitrogen and oxygen atoms in total. The monoisotopic (exact) mass is 272 g/mol. The van der Waals surface area contributed by atoms with E-state index in [-0.39, 0.29) is 12.6 Å². The third-order valence-corrected chi connectivity index (χ3v) is 3.81. The van der Waals surface area contributed by atoms with E-state index >= 15 is 0 Å². The Hall–Kier alpha value is -1.31. The van der Waals surface area contributed by atoms with Gasteiger partial charge in [-0.2, -0.15) is 12.7 Å². The Labute approximate surface area is 106 Å². The average molecular weight is 272 g/mol. The molecule has 0 fully saturated rings. The Bertz CT molecular complexity index is 518. The van der Waals surface area contributed by atoms with Crippen LogP contribution in [0.2, 0.25) is 0 Å². The quantitative estimate of drug-likeness (QED) is 0.857. The van der Waals surface area contributed by atoms with Crippen LogP contribution in [-0.2, 0) is 10.2 Å². The minimum Gasteiger partial charge on any atom is -0.486 e. The van der Waals surface area contributed by atoms with Crippen LogP contribution in [0.1, 0.15) is 6.92 Å². The van der Waals surface area contributed by atoms with Crippen molar-refractivity contribution in [3.8, 4) is 11.5 Å². The second-order valence-electron chi connectivity index (χ2n) is 3.99. The molecule has 0 saturated heterocycles. The van der Waals surface area contributed by atoms with Crippen molar-refractivity contribution in [3.05, 3.63) is 24.3 Å². The molecule has 0 aromatic heterocycles. The standard InChI is InChI=1S/C11H16N2O4S/c1-2-13(18(12,14)15)7-9-8-16-10-5-3-4-6-11(10)17-9/h3-6,9H,2,7-8H2,1H3,(H2,12,14,15)/t9-/m0/s1. The van der Waals surface area contributed by atoms with Gasteiger partial charge in [-0.3, -0.25) is 0 Å². The summed E-state index contributed by atoms with van der Waals surface area (Å²) >= 11 is 0. The van der Waals surface area contributed by atoms with Crippen LogP contribution in [0.4, 0.5) is 0 Å². The lowest BCUT2D eigenvalue weighted by molar-refractivity contribution is 0.0771. The van der Waals surface area contributed by atoms with Crippen molar-refractivity contribution >= 4 is 10.2 Å². The van der Waals surface area contributed by atoms with E-state index in [0.717, 1.165) is 4.31 Å². The molecule has 2 rings (SSSR count). The summed E-state index contributed by atoms with van der Waals surface area (Å²) < 4.78 is 34.9. The molecule has 1 atom stereocenters. The van der Waals surface area contributed by atoms with Crippen LogP contribution in [0.25, 0.3) is 0 Å². The maximum atomic E-state index is 11.3. The smallest absolute Gasteiger partial charge is 0.277 e. The normalized spacial score (nSPS) is 18.9. The lowest BCUT2D eigenvalue weighted by Gasteiger charge is -2.29. The van der Waals surface area contributed by atoms with Crippen LogP contribution in [0, 0.1) is 0 Å². The van der Waals surface area contributed by atoms with Gasteiger partial charge in [0.05, 0.1) is 6.54 Å². The number of nitrogens with zero attached hydrogens (tertiary/aromatic N) is 1. The average Bonchev–Trinajstić information content (AvgIpc) is 2.34. The predicted octanol–water partition coefficient (Wildman–Crippen LogP) is 0.352. The minimum absolute atomic E-state index is 0.184. The van der Waals surface area contributed by atoms with Crippen LogP contribution in [0.15, 0.2) is 24.3 Å². The van der Waals surface area contributed by atoms with Crippen molar-refractivity contribution in [2.75, 3.05) is 19.7 Å². The number of hydrogen-bond acceptors (Lipinski definition) is 4. The molecule has 0 aliphatic carbocycles. The van der Waals surface area contributed by atoms with Crippen molar-refractivity contribution in [3.63, 3.8) is 0 Å². The molecule has 1 aliphatic rings. The largest absolute Gasteiger partial charge is 0.486 e. The third-order valence-electron chi connectivity index (χ3n) is 2.69. The molecule has 0 unspecified atom stereocenters. The van der Waals surface area contributed by atoms with Gasteiger partial charge in [0.25, 0.3) is 10.2 Å². The first-order chi connectivity index (χ1) is 8.50. The number of hydrogen-bond donors (Lipinski definition) is 1. The van der Waals surface area contributed by atoms with E-state index < -0.39 is 10.2 Å². The summed E-state index contributed by atoms with van der Waals surface area (Å²) in [4.78, 5) is 0. The zero-order chi connectivity index (χ0) is 13.2. The maximum absolute atomic E-state index is 11.3. The number of ether oxygens (including phenoxy) is 2. The van der Waals surface area contributed by atoms with Gasteiger partial charge in [0, 0.05) is 6.54 Å². The summed E-state index contributed by atoms with van der Waals surface area (Å²) in [5, 5.41) is 5.10. The van der Waals surface area contributed by atoms with Gasteiger partial charge in [0.15, 0.2) is 11.5 Å². The maximum Gasteiger partial charge on any atom is 0.277 e. The SMILES string of the molecule is CCN(C[C@H]1COc2ccccc2O1)S(N)(=O)=O. The predicted molar refractivity (Wildman–Crippen MR) is 66.7 cm³/mol. The number of rotatable bonds is 4. The van der Waals surface area contributed by atoms with Crippen LogP contribution < -0.4 is 14.6 Å². The first-order valence-electron chi connectivity index (χ1n) is 5.67. The van der Waals surface area contributed by atoms with Crippen LogP contribution in [0.5, 0.6) is 11.5 Å². The summed E-state index contributed by atoms with van der Waals surface area (Å²) in [5.74, 6) is 1.30. The molecule has 2 N–H and O–H groups in total. The molecular formula is C11H16N2O4S. The molecule has 7 heteroatoms. The highest BCUT2D eigenvalue weighted by Gasteiger charge is 2.26. The summed E-state index contributed by atoms with van der Waals surface area (Å²) in [7, 11) is -3.69. The second kappa shape index (κ2) is 5.13. The summed E-state index contributed by atoms with van der Waals surface area (Å²) in [6.45, 7) is 2.52. The first-order valence-corrected chi connectivity index (χ1v) is 7.17. The van der Waals surface area contributed by atoms with Crippen molar-refractivity contribution < 1.29 is 17.9 Å². The Morgan fingerprint density at radius 2 is 2.06 bits per heavy atom. The fraction of sp³-hybridized carbons (Fsp3) is 0.455. The highest BCUT2D eigenvalue weighted by Crippen LogP contribution is 2.31. The zero-order valence-electron chi connectivity index (χ0n) is 10.1. The highest BCUT2D eigenvalue weighted by molar-refractivity contribution is 7.86. The van der Waals surface area contributed by atoms with Gasteiger partial charge in [-0.1, -0.05) is 19.1 Å². The Kier molecular flexibility index (Phi) is 3.74. The Morgan fingerprint density at radius 3 is 2.67 bits per heavy atom. The van der Waals surface area contributed by atoms with Gasteiger partial charge in [-0.05, 0) is 12.1 Å².